The summed E-state index contributed by atoms with van der Waals surface area (Å²) in [5.74, 6) is 3.84. The summed E-state index contributed by atoms with van der Waals surface area (Å²) in [7, 11) is 1.63. The second-order valence-electron chi connectivity index (χ2n) is 13.2. The molecule has 5 nitrogen and oxygen atoms in total. The van der Waals surface area contributed by atoms with Gasteiger partial charge in [0.2, 0.25) is 5.91 Å². The zero-order valence-electron chi connectivity index (χ0n) is 22.7. The van der Waals surface area contributed by atoms with E-state index in [0.717, 1.165) is 37.8 Å². The van der Waals surface area contributed by atoms with E-state index in [1.54, 1.807) is 7.11 Å². The fourth-order valence-electron chi connectivity index (χ4n) is 9.70. The SMILES string of the molecule is COc1ccccc1NC(=O)CC[C@@H](C)[C@H]1CC[C@H]2[C@@H]3[C@H](O)C[C@@H]4C[C@H](O)CC[C@]4(C)[C@H]3CC[C@]12C. The van der Waals surface area contributed by atoms with E-state index in [4.69, 9.17) is 4.74 Å². The minimum Gasteiger partial charge on any atom is -0.495 e. The maximum atomic E-state index is 12.8. The lowest BCUT2D eigenvalue weighted by atomic mass is 9.43. The number of rotatable bonds is 6. The van der Waals surface area contributed by atoms with E-state index in [1.165, 1.54) is 25.7 Å². The third-order valence-corrected chi connectivity index (χ3v) is 11.6. The van der Waals surface area contributed by atoms with Crippen LogP contribution in [-0.2, 0) is 4.79 Å². The molecule has 200 valence electrons. The predicted molar refractivity (Wildman–Crippen MR) is 143 cm³/mol. The van der Waals surface area contributed by atoms with Gasteiger partial charge in [-0.1, -0.05) is 32.9 Å². The molecule has 5 rings (SSSR count). The van der Waals surface area contributed by atoms with Crippen LogP contribution >= 0.6 is 0 Å². The fraction of sp³-hybridized carbons (Fsp3) is 0.774. The highest BCUT2D eigenvalue weighted by molar-refractivity contribution is 5.92. The van der Waals surface area contributed by atoms with Gasteiger partial charge in [-0.2, -0.15) is 0 Å². The number of fused-ring (bicyclic) bond motifs is 5. The Hall–Kier alpha value is -1.59. The monoisotopic (exact) mass is 497 g/mol. The van der Waals surface area contributed by atoms with E-state index in [2.05, 4.69) is 26.1 Å². The summed E-state index contributed by atoms with van der Waals surface area (Å²) in [6.45, 7) is 7.33. The van der Waals surface area contributed by atoms with E-state index in [9.17, 15) is 15.0 Å². The van der Waals surface area contributed by atoms with Gasteiger partial charge < -0.3 is 20.3 Å². The molecule has 4 saturated carbocycles. The molecule has 1 aromatic rings. The van der Waals surface area contributed by atoms with Gasteiger partial charge in [-0.05, 0) is 116 Å². The number of ether oxygens (including phenoxy) is 1. The molecule has 0 aliphatic heterocycles. The highest BCUT2D eigenvalue weighted by Crippen LogP contribution is 2.68. The zero-order chi connectivity index (χ0) is 25.7. The van der Waals surface area contributed by atoms with Crippen molar-refractivity contribution in [2.75, 3.05) is 12.4 Å². The minimum absolute atomic E-state index is 0.0518. The summed E-state index contributed by atoms with van der Waals surface area (Å²) in [4.78, 5) is 12.8. The summed E-state index contributed by atoms with van der Waals surface area (Å²) in [6.07, 6.45) is 9.62. The maximum absolute atomic E-state index is 12.8. The van der Waals surface area contributed by atoms with Crippen LogP contribution in [0.5, 0.6) is 5.75 Å². The fourth-order valence-corrected chi connectivity index (χ4v) is 9.70. The van der Waals surface area contributed by atoms with E-state index in [1.807, 2.05) is 24.3 Å². The van der Waals surface area contributed by atoms with Gasteiger partial charge in [0, 0.05) is 6.42 Å². The van der Waals surface area contributed by atoms with Crippen LogP contribution in [0.3, 0.4) is 0 Å². The molecule has 4 fully saturated rings. The highest BCUT2D eigenvalue weighted by Gasteiger charge is 2.62. The first-order valence-corrected chi connectivity index (χ1v) is 14.5. The molecular formula is C31H47NO4. The smallest absolute Gasteiger partial charge is 0.224 e. The van der Waals surface area contributed by atoms with Crippen LogP contribution in [0.1, 0.15) is 85.0 Å². The van der Waals surface area contributed by atoms with E-state index >= 15 is 0 Å². The molecule has 0 saturated heterocycles. The van der Waals surface area contributed by atoms with Crippen LogP contribution in [0, 0.1) is 46.3 Å². The largest absolute Gasteiger partial charge is 0.495 e. The Kier molecular flexibility index (Phi) is 7.19. The number of nitrogens with one attached hydrogen (secondary N) is 1. The Bertz CT molecular complexity index is 950. The van der Waals surface area contributed by atoms with E-state index in [-0.39, 0.29) is 28.9 Å². The average molecular weight is 498 g/mol. The quantitative estimate of drug-likeness (QED) is 0.448. The van der Waals surface area contributed by atoms with Crippen molar-refractivity contribution in [3.63, 3.8) is 0 Å². The van der Waals surface area contributed by atoms with Crippen LogP contribution in [0.2, 0.25) is 0 Å². The number of benzene rings is 1. The van der Waals surface area contributed by atoms with Crippen LogP contribution in [0.25, 0.3) is 0 Å². The van der Waals surface area contributed by atoms with Crippen LogP contribution < -0.4 is 10.1 Å². The summed E-state index contributed by atoms with van der Waals surface area (Å²) in [5, 5.41) is 24.8. The van der Waals surface area contributed by atoms with Gasteiger partial charge in [0.15, 0.2) is 0 Å². The van der Waals surface area contributed by atoms with Gasteiger partial charge >= 0.3 is 0 Å². The number of methoxy groups -OCH3 is 1. The topological polar surface area (TPSA) is 78.8 Å². The van der Waals surface area contributed by atoms with Crippen LogP contribution in [0.15, 0.2) is 24.3 Å². The zero-order valence-corrected chi connectivity index (χ0v) is 22.7. The molecule has 3 N–H and O–H groups in total. The number of carbonyl (C=O) groups is 1. The molecular weight excluding hydrogens is 450 g/mol. The first-order valence-electron chi connectivity index (χ1n) is 14.5. The first kappa shape index (κ1) is 26.0. The second kappa shape index (κ2) is 9.94. The van der Waals surface area contributed by atoms with Crippen molar-refractivity contribution in [2.24, 2.45) is 46.3 Å². The molecule has 4 aliphatic rings. The Balaban J connectivity index is 1.24. The lowest BCUT2D eigenvalue weighted by Crippen LogP contribution is -2.58. The first-order chi connectivity index (χ1) is 17.2. The molecule has 0 spiro atoms. The highest BCUT2D eigenvalue weighted by atomic mass is 16.5. The van der Waals surface area contributed by atoms with Crippen molar-refractivity contribution in [3.05, 3.63) is 24.3 Å². The molecule has 0 heterocycles. The number of carbonyl (C=O) groups excluding carboxylic acids is 1. The lowest BCUT2D eigenvalue weighted by Gasteiger charge is -2.62. The Morgan fingerprint density at radius 2 is 1.78 bits per heavy atom. The van der Waals surface area contributed by atoms with Gasteiger partial charge in [-0.15, -0.1) is 0 Å². The predicted octanol–water partition coefficient (Wildman–Crippen LogP) is 6.04. The number of aliphatic hydroxyl groups is 2. The molecule has 5 heteroatoms. The molecule has 0 unspecified atom stereocenters. The normalized spacial score (nSPS) is 42.6. The second-order valence-corrected chi connectivity index (χ2v) is 13.2. The number of amides is 1. The molecule has 4 aliphatic carbocycles. The third kappa shape index (κ3) is 4.38. The van der Waals surface area contributed by atoms with Crippen molar-refractivity contribution in [1.29, 1.82) is 0 Å². The van der Waals surface area contributed by atoms with Gasteiger partial charge in [-0.25, -0.2) is 0 Å². The standard InChI is InChI=1S/C31H47NO4/c1-19(9-12-28(35)32-25-7-5-6-8-27(25)36-4)22-10-11-23-29-24(14-16-31(22,23)3)30(2)15-13-21(33)17-20(30)18-26(29)34/h5-8,19-24,26,29,33-34H,9-18H2,1-4H3,(H,32,35)/t19-,20+,21-,22-,23+,24+,26-,29+,30+,31-/m1/s1. The molecule has 0 bridgehead atoms. The third-order valence-electron chi connectivity index (χ3n) is 11.6. The van der Waals surface area contributed by atoms with Crippen molar-refractivity contribution in [3.8, 4) is 5.75 Å². The summed E-state index contributed by atoms with van der Waals surface area (Å²) >= 11 is 0. The van der Waals surface area contributed by atoms with Crippen molar-refractivity contribution < 1.29 is 19.7 Å². The molecule has 1 amide bonds. The van der Waals surface area contributed by atoms with Gasteiger partial charge in [0.25, 0.3) is 0 Å². The molecule has 10 atom stereocenters. The number of hydrogen-bond donors (Lipinski definition) is 3. The van der Waals surface area contributed by atoms with Gasteiger partial charge in [-0.3, -0.25) is 4.79 Å². The van der Waals surface area contributed by atoms with Crippen molar-refractivity contribution >= 4 is 11.6 Å². The Labute approximate surface area is 217 Å². The van der Waals surface area contributed by atoms with Crippen molar-refractivity contribution in [1.82, 2.24) is 0 Å². The van der Waals surface area contributed by atoms with E-state index in [0.29, 0.717) is 47.7 Å². The van der Waals surface area contributed by atoms with E-state index < -0.39 is 0 Å². The summed E-state index contributed by atoms with van der Waals surface area (Å²) < 4.78 is 5.38. The molecule has 36 heavy (non-hydrogen) atoms. The average Bonchev–Trinajstić information content (AvgIpc) is 3.21. The summed E-state index contributed by atoms with van der Waals surface area (Å²) in [5.41, 5.74) is 1.25. The summed E-state index contributed by atoms with van der Waals surface area (Å²) in [6, 6.07) is 7.57. The Morgan fingerprint density at radius 3 is 2.56 bits per heavy atom. The minimum atomic E-state index is -0.233. The maximum Gasteiger partial charge on any atom is 0.224 e. The molecule has 1 aromatic carbocycles. The van der Waals surface area contributed by atoms with Crippen LogP contribution in [-0.4, -0.2) is 35.4 Å². The number of para-hydroxylation sites is 2. The van der Waals surface area contributed by atoms with Crippen molar-refractivity contribution in [2.45, 2.75) is 97.2 Å². The Morgan fingerprint density at radius 1 is 1.06 bits per heavy atom. The number of aliphatic hydroxyl groups excluding tert-OH is 2. The number of anilines is 1. The van der Waals surface area contributed by atoms with Gasteiger partial charge in [0.05, 0.1) is 25.0 Å². The van der Waals surface area contributed by atoms with Crippen LogP contribution in [0.4, 0.5) is 5.69 Å². The molecule has 0 radical (unpaired) electrons. The lowest BCUT2D eigenvalue weighted by molar-refractivity contribution is -0.174. The molecule has 0 aromatic heterocycles. The number of hydrogen-bond acceptors (Lipinski definition) is 4. The van der Waals surface area contributed by atoms with Gasteiger partial charge in [0.1, 0.15) is 5.75 Å².